The van der Waals surface area contributed by atoms with E-state index in [1.54, 1.807) is 0 Å². The molecule has 0 saturated heterocycles. The summed E-state index contributed by atoms with van der Waals surface area (Å²) in [6, 6.07) is 3.98. The largest absolute Gasteiger partial charge is 0.492 e. The highest BCUT2D eigenvalue weighted by Crippen LogP contribution is 2.53. The number of carbonyl (C=O) groups excluding carboxylic acids is 2. The third kappa shape index (κ3) is 4.88. The van der Waals surface area contributed by atoms with Gasteiger partial charge in [0, 0.05) is 51.3 Å². The van der Waals surface area contributed by atoms with Gasteiger partial charge in [0.2, 0.25) is 0 Å². The van der Waals surface area contributed by atoms with Crippen LogP contribution in [0, 0.1) is 16.7 Å². The second-order valence-corrected chi connectivity index (χ2v) is 13.5. The van der Waals surface area contributed by atoms with Gasteiger partial charge >= 0.3 is 0 Å². The van der Waals surface area contributed by atoms with Gasteiger partial charge in [-0.1, -0.05) is 57.5 Å². The van der Waals surface area contributed by atoms with Crippen LogP contribution in [0.2, 0.25) is 0 Å². The van der Waals surface area contributed by atoms with E-state index in [0.717, 1.165) is 49.9 Å². The highest BCUT2D eigenvalue weighted by molar-refractivity contribution is 9.11. The molecule has 0 atom stereocenters. The lowest BCUT2D eigenvalue weighted by atomic mass is 9.64. The van der Waals surface area contributed by atoms with Crippen LogP contribution in [0.4, 0.5) is 0 Å². The normalized spacial score (nSPS) is 22.3. The van der Waals surface area contributed by atoms with Gasteiger partial charge in [0.05, 0.1) is 11.1 Å². The first-order valence-electron chi connectivity index (χ1n) is 11.7. The number of carbonyl (C=O) groups is 2. The molecular weight excluding hydrogens is 546 g/mol. The van der Waals surface area contributed by atoms with Crippen molar-refractivity contribution < 1.29 is 14.3 Å². The zero-order valence-corrected chi connectivity index (χ0v) is 23.5. The van der Waals surface area contributed by atoms with Gasteiger partial charge in [-0.05, 0) is 57.7 Å². The maximum atomic E-state index is 13.6. The maximum absolute atomic E-state index is 13.6. The van der Waals surface area contributed by atoms with E-state index in [0.29, 0.717) is 31.1 Å². The summed E-state index contributed by atoms with van der Waals surface area (Å²) in [5.74, 6) is 0.884. The van der Waals surface area contributed by atoms with E-state index in [2.05, 4.69) is 78.7 Å². The molecule has 1 N–H and O–H groups in total. The Labute approximate surface area is 213 Å². The molecule has 0 aromatic heterocycles. The standard InChI is InChI=1S/C27H33Br2NO3/c1-14(2)13-33-25-16(7-15(28)8-17(25)29)22-23-18(9-26(3,4)11-20(23)31)30-19-10-27(5,6)12-21(32)24(19)22/h7-8,14,22,30H,9-13H2,1-6H3. The van der Waals surface area contributed by atoms with Crippen LogP contribution < -0.4 is 10.1 Å². The molecule has 4 nitrogen and oxygen atoms in total. The minimum absolute atomic E-state index is 0.117. The Hall–Kier alpha value is -1.40. The number of halogens is 2. The van der Waals surface area contributed by atoms with Crippen molar-refractivity contribution in [2.24, 2.45) is 16.7 Å². The van der Waals surface area contributed by atoms with Crippen LogP contribution in [0.1, 0.15) is 78.7 Å². The van der Waals surface area contributed by atoms with Crippen LogP contribution >= 0.6 is 31.9 Å². The third-order valence-corrected chi connectivity index (χ3v) is 7.68. The zero-order chi connectivity index (χ0) is 24.3. The Bertz CT molecular complexity index is 1040. The van der Waals surface area contributed by atoms with Crippen LogP contribution in [0.5, 0.6) is 5.75 Å². The van der Waals surface area contributed by atoms with Crippen molar-refractivity contribution in [3.8, 4) is 5.75 Å². The molecule has 2 aliphatic carbocycles. The highest BCUT2D eigenvalue weighted by atomic mass is 79.9. The number of rotatable bonds is 4. The second kappa shape index (κ2) is 8.67. The molecule has 0 amide bonds. The van der Waals surface area contributed by atoms with Crippen molar-refractivity contribution in [2.45, 2.75) is 73.1 Å². The average molecular weight is 579 g/mol. The van der Waals surface area contributed by atoms with Gasteiger partial charge in [0.25, 0.3) is 0 Å². The number of ketones is 2. The van der Waals surface area contributed by atoms with Gasteiger partial charge in [-0.2, -0.15) is 0 Å². The molecule has 1 aromatic rings. The van der Waals surface area contributed by atoms with Crippen LogP contribution in [-0.4, -0.2) is 18.2 Å². The van der Waals surface area contributed by atoms with E-state index in [4.69, 9.17) is 4.74 Å². The Morgan fingerprint density at radius 2 is 1.45 bits per heavy atom. The van der Waals surface area contributed by atoms with E-state index in [-0.39, 0.29) is 22.4 Å². The quantitative estimate of drug-likeness (QED) is 0.410. The summed E-state index contributed by atoms with van der Waals surface area (Å²) < 4.78 is 8.00. The lowest BCUT2D eigenvalue weighted by molar-refractivity contribution is -0.119. The summed E-state index contributed by atoms with van der Waals surface area (Å²) in [6.45, 7) is 13.3. The SMILES string of the molecule is CC(C)COc1c(Br)cc(Br)cc1C1C2=C(CC(C)(C)CC2=O)NC2=C1C(=O)CC(C)(C)C2. The molecule has 1 aliphatic heterocycles. The molecule has 33 heavy (non-hydrogen) atoms. The van der Waals surface area contributed by atoms with Gasteiger partial charge in [-0.15, -0.1) is 0 Å². The molecule has 1 aromatic carbocycles. The molecule has 4 rings (SSSR count). The van der Waals surface area contributed by atoms with E-state index in [9.17, 15) is 9.59 Å². The molecule has 0 unspecified atom stereocenters. The monoisotopic (exact) mass is 577 g/mol. The minimum atomic E-state index is -0.417. The summed E-state index contributed by atoms with van der Waals surface area (Å²) in [5, 5.41) is 3.58. The van der Waals surface area contributed by atoms with Crippen LogP contribution in [0.3, 0.4) is 0 Å². The molecule has 3 aliphatic rings. The smallest absolute Gasteiger partial charge is 0.162 e. The van der Waals surface area contributed by atoms with Gasteiger partial charge in [0.1, 0.15) is 5.75 Å². The van der Waals surface area contributed by atoms with Crippen LogP contribution in [-0.2, 0) is 9.59 Å². The Morgan fingerprint density at radius 1 is 0.939 bits per heavy atom. The fourth-order valence-electron chi connectivity index (χ4n) is 5.40. The van der Waals surface area contributed by atoms with E-state index in [1.165, 1.54) is 0 Å². The molecule has 0 bridgehead atoms. The number of ether oxygens (including phenoxy) is 1. The van der Waals surface area contributed by atoms with Gasteiger partial charge in [0.15, 0.2) is 11.6 Å². The summed E-state index contributed by atoms with van der Waals surface area (Å²) in [6.07, 6.45) is 2.52. The van der Waals surface area contributed by atoms with Crippen molar-refractivity contribution in [1.82, 2.24) is 5.32 Å². The molecule has 178 valence electrons. The van der Waals surface area contributed by atoms with Crippen LogP contribution in [0.25, 0.3) is 0 Å². The lowest BCUT2D eigenvalue weighted by Crippen LogP contribution is -2.42. The second-order valence-electron chi connectivity index (χ2n) is 11.7. The van der Waals surface area contributed by atoms with Gasteiger partial charge < -0.3 is 10.1 Å². The number of allylic oxidation sites excluding steroid dienone is 4. The number of hydrogen-bond acceptors (Lipinski definition) is 4. The maximum Gasteiger partial charge on any atom is 0.162 e. The molecule has 6 heteroatoms. The van der Waals surface area contributed by atoms with E-state index >= 15 is 0 Å². The number of dihydropyridines is 1. The molecular formula is C27H33Br2NO3. The van der Waals surface area contributed by atoms with E-state index < -0.39 is 5.92 Å². The lowest BCUT2D eigenvalue weighted by Gasteiger charge is -2.44. The van der Waals surface area contributed by atoms with Gasteiger partial charge in [-0.25, -0.2) is 0 Å². The van der Waals surface area contributed by atoms with Crippen LogP contribution in [0.15, 0.2) is 43.6 Å². The fourth-order valence-corrected chi connectivity index (χ4v) is 6.77. The van der Waals surface area contributed by atoms with Crippen molar-refractivity contribution in [3.63, 3.8) is 0 Å². The summed E-state index contributed by atoms with van der Waals surface area (Å²) in [5.41, 5.74) is 4.05. The van der Waals surface area contributed by atoms with Crippen molar-refractivity contribution >= 4 is 43.4 Å². The summed E-state index contributed by atoms with van der Waals surface area (Å²) >= 11 is 7.32. The third-order valence-electron chi connectivity index (χ3n) is 6.63. The predicted octanol–water partition coefficient (Wildman–Crippen LogP) is 7.22. The topological polar surface area (TPSA) is 55.4 Å². The predicted molar refractivity (Wildman–Crippen MR) is 138 cm³/mol. The van der Waals surface area contributed by atoms with Crippen molar-refractivity contribution in [3.05, 3.63) is 49.2 Å². The zero-order valence-electron chi connectivity index (χ0n) is 20.3. The fraction of sp³-hybridized carbons (Fsp3) is 0.556. The van der Waals surface area contributed by atoms with Gasteiger partial charge in [-0.3, -0.25) is 9.59 Å². The molecule has 0 radical (unpaired) electrons. The molecule has 0 saturated carbocycles. The molecule has 1 heterocycles. The molecule has 0 spiro atoms. The number of Topliss-reactive ketones (excluding diaryl/α,β-unsaturated/α-hetero) is 2. The first-order valence-corrected chi connectivity index (χ1v) is 13.3. The first-order chi connectivity index (χ1) is 15.3. The Balaban J connectivity index is 1.96. The minimum Gasteiger partial charge on any atom is -0.492 e. The van der Waals surface area contributed by atoms with Crippen molar-refractivity contribution in [1.29, 1.82) is 0 Å². The highest BCUT2D eigenvalue weighted by Gasteiger charge is 2.47. The molecule has 0 fully saturated rings. The Kier molecular flexibility index (Phi) is 6.50. The number of nitrogens with one attached hydrogen (secondary N) is 1. The average Bonchev–Trinajstić information content (AvgIpc) is 2.62. The van der Waals surface area contributed by atoms with E-state index in [1.807, 2.05) is 12.1 Å². The number of benzene rings is 1. The summed E-state index contributed by atoms with van der Waals surface area (Å²) in [4.78, 5) is 27.2. The number of hydrogen-bond donors (Lipinski definition) is 1. The van der Waals surface area contributed by atoms with Crippen molar-refractivity contribution in [2.75, 3.05) is 6.61 Å². The Morgan fingerprint density at radius 3 is 1.94 bits per heavy atom. The summed E-state index contributed by atoms with van der Waals surface area (Å²) in [7, 11) is 0. The first kappa shape index (κ1) is 24.7.